The van der Waals surface area contributed by atoms with Gasteiger partial charge in [-0.25, -0.2) is 9.67 Å². The maximum Gasteiger partial charge on any atom is 0.276 e. The van der Waals surface area contributed by atoms with E-state index in [0.717, 1.165) is 4.68 Å². The molecule has 2 aromatic heterocycles. The van der Waals surface area contributed by atoms with Crippen molar-refractivity contribution in [1.82, 2.24) is 14.8 Å². The molecule has 1 N–H and O–H groups in total. The van der Waals surface area contributed by atoms with E-state index in [9.17, 15) is 9.59 Å². The Morgan fingerprint density at radius 2 is 1.91 bits per heavy atom. The standard InChI is InChI=1S/C15H11ClN4O2/c1-20-15(22)11-5-3-2-4-10(11)13(19-20)14(21)18-9-6-7-12(16)17-8-9/h2-8H,1H3,(H,18,21). The van der Waals surface area contributed by atoms with Crippen LogP contribution in [0.25, 0.3) is 10.8 Å². The van der Waals surface area contributed by atoms with Crippen LogP contribution in [0.3, 0.4) is 0 Å². The number of rotatable bonds is 2. The number of carbonyl (C=O) groups excluding carboxylic acids is 1. The Balaban J connectivity index is 2.06. The maximum atomic E-state index is 12.4. The Kier molecular flexibility index (Phi) is 3.60. The number of benzene rings is 1. The second kappa shape index (κ2) is 5.57. The van der Waals surface area contributed by atoms with E-state index >= 15 is 0 Å². The van der Waals surface area contributed by atoms with Gasteiger partial charge in [-0.15, -0.1) is 0 Å². The number of aromatic nitrogens is 3. The zero-order chi connectivity index (χ0) is 15.7. The van der Waals surface area contributed by atoms with Crippen LogP contribution in [0.1, 0.15) is 10.5 Å². The number of amides is 1. The normalized spacial score (nSPS) is 10.6. The Morgan fingerprint density at radius 1 is 1.18 bits per heavy atom. The van der Waals surface area contributed by atoms with Gasteiger partial charge in [-0.05, 0) is 18.2 Å². The molecule has 3 aromatic rings. The van der Waals surface area contributed by atoms with E-state index < -0.39 is 5.91 Å². The number of pyridine rings is 1. The van der Waals surface area contributed by atoms with Crippen LogP contribution in [0.5, 0.6) is 0 Å². The number of hydrogen-bond donors (Lipinski definition) is 1. The van der Waals surface area contributed by atoms with Gasteiger partial charge >= 0.3 is 0 Å². The minimum absolute atomic E-state index is 0.174. The van der Waals surface area contributed by atoms with E-state index in [-0.39, 0.29) is 11.3 Å². The Morgan fingerprint density at radius 3 is 2.59 bits per heavy atom. The average molecular weight is 315 g/mol. The summed E-state index contributed by atoms with van der Waals surface area (Å²) in [5, 5.41) is 8.03. The van der Waals surface area contributed by atoms with Crippen LogP contribution in [0.2, 0.25) is 5.15 Å². The Hall–Kier alpha value is -2.73. The first-order valence-electron chi connectivity index (χ1n) is 6.45. The van der Waals surface area contributed by atoms with E-state index in [1.807, 2.05) is 0 Å². The molecule has 0 fully saturated rings. The number of hydrogen-bond acceptors (Lipinski definition) is 4. The lowest BCUT2D eigenvalue weighted by Gasteiger charge is -2.08. The molecule has 0 aliphatic heterocycles. The Labute approximate surface area is 130 Å². The summed E-state index contributed by atoms with van der Waals surface area (Å²) >= 11 is 5.71. The quantitative estimate of drug-likeness (QED) is 0.736. The van der Waals surface area contributed by atoms with Crippen molar-refractivity contribution >= 4 is 34.0 Å². The van der Waals surface area contributed by atoms with E-state index in [4.69, 9.17) is 11.6 Å². The summed E-state index contributed by atoms with van der Waals surface area (Å²) in [6.45, 7) is 0. The number of nitrogens with one attached hydrogen (secondary N) is 1. The van der Waals surface area contributed by atoms with Gasteiger partial charge in [0, 0.05) is 12.4 Å². The van der Waals surface area contributed by atoms with Crippen molar-refractivity contribution in [2.45, 2.75) is 0 Å². The summed E-state index contributed by atoms with van der Waals surface area (Å²) in [7, 11) is 1.51. The third kappa shape index (κ3) is 2.56. The lowest BCUT2D eigenvalue weighted by molar-refractivity contribution is 0.102. The van der Waals surface area contributed by atoms with Crippen molar-refractivity contribution in [3.05, 3.63) is 63.8 Å². The zero-order valence-corrected chi connectivity index (χ0v) is 12.3. The third-order valence-corrected chi connectivity index (χ3v) is 3.38. The topological polar surface area (TPSA) is 76.9 Å². The smallest absolute Gasteiger partial charge is 0.276 e. The van der Waals surface area contributed by atoms with Crippen molar-refractivity contribution in [2.24, 2.45) is 7.05 Å². The summed E-state index contributed by atoms with van der Waals surface area (Å²) in [5.41, 5.74) is 0.419. The van der Waals surface area contributed by atoms with Gasteiger partial charge in [0.2, 0.25) is 0 Å². The van der Waals surface area contributed by atoms with Crippen LogP contribution in [-0.4, -0.2) is 20.7 Å². The second-order valence-corrected chi connectivity index (χ2v) is 5.03. The monoisotopic (exact) mass is 314 g/mol. The molecule has 110 valence electrons. The Bertz CT molecular complexity index is 919. The van der Waals surface area contributed by atoms with Crippen LogP contribution in [0, 0.1) is 0 Å². The van der Waals surface area contributed by atoms with Gasteiger partial charge < -0.3 is 5.32 Å². The number of aryl methyl sites for hydroxylation is 1. The van der Waals surface area contributed by atoms with E-state index in [1.54, 1.807) is 36.4 Å². The van der Waals surface area contributed by atoms with Crippen molar-refractivity contribution in [1.29, 1.82) is 0 Å². The summed E-state index contributed by atoms with van der Waals surface area (Å²) in [6.07, 6.45) is 1.45. The van der Waals surface area contributed by atoms with Crippen LogP contribution >= 0.6 is 11.6 Å². The molecule has 22 heavy (non-hydrogen) atoms. The van der Waals surface area contributed by atoms with Crippen LogP contribution < -0.4 is 10.9 Å². The largest absolute Gasteiger partial charge is 0.319 e. The fourth-order valence-corrected chi connectivity index (χ4v) is 2.22. The molecular weight excluding hydrogens is 304 g/mol. The summed E-state index contributed by atoms with van der Waals surface area (Å²) in [5.74, 6) is -0.420. The molecule has 3 rings (SSSR count). The van der Waals surface area contributed by atoms with Gasteiger partial charge in [0.05, 0.1) is 17.3 Å². The molecule has 0 saturated heterocycles. The van der Waals surface area contributed by atoms with Crippen molar-refractivity contribution in [3.63, 3.8) is 0 Å². The van der Waals surface area contributed by atoms with Crippen molar-refractivity contribution < 1.29 is 4.79 Å². The molecule has 0 aliphatic rings. The van der Waals surface area contributed by atoms with Gasteiger partial charge in [-0.1, -0.05) is 29.8 Å². The summed E-state index contributed by atoms with van der Waals surface area (Å²) < 4.78 is 1.15. The molecule has 0 radical (unpaired) electrons. The highest BCUT2D eigenvalue weighted by atomic mass is 35.5. The zero-order valence-electron chi connectivity index (χ0n) is 11.6. The van der Waals surface area contributed by atoms with E-state index in [1.165, 1.54) is 13.2 Å². The first-order chi connectivity index (χ1) is 10.6. The van der Waals surface area contributed by atoms with Gasteiger partial charge in [0.15, 0.2) is 5.69 Å². The van der Waals surface area contributed by atoms with E-state index in [0.29, 0.717) is 21.6 Å². The van der Waals surface area contributed by atoms with Crippen molar-refractivity contribution in [3.8, 4) is 0 Å². The molecule has 6 nitrogen and oxygen atoms in total. The second-order valence-electron chi connectivity index (χ2n) is 4.65. The van der Waals surface area contributed by atoms with E-state index in [2.05, 4.69) is 15.4 Å². The SMILES string of the molecule is Cn1nc(C(=O)Nc2ccc(Cl)nc2)c2ccccc2c1=O. The van der Waals surface area contributed by atoms with Gasteiger partial charge in [0.25, 0.3) is 11.5 Å². The molecule has 7 heteroatoms. The summed E-state index contributed by atoms with van der Waals surface area (Å²) in [4.78, 5) is 28.4. The molecule has 0 unspecified atom stereocenters. The molecule has 2 heterocycles. The predicted octanol–water partition coefficient (Wildman–Crippen LogP) is 2.23. The number of halogens is 1. The molecule has 1 amide bonds. The van der Waals surface area contributed by atoms with Crippen LogP contribution in [0.4, 0.5) is 5.69 Å². The van der Waals surface area contributed by atoms with Crippen LogP contribution in [0.15, 0.2) is 47.4 Å². The number of fused-ring (bicyclic) bond motifs is 1. The fraction of sp³-hybridized carbons (Fsp3) is 0.0667. The minimum Gasteiger partial charge on any atom is -0.319 e. The maximum absolute atomic E-state index is 12.4. The number of anilines is 1. The predicted molar refractivity (Wildman–Crippen MR) is 84.2 cm³/mol. The van der Waals surface area contributed by atoms with Crippen LogP contribution in [-0.2, 0) is 7.05 Å². The van der Waals surface area contributed by atoms with Crippen molar-refractivity contribution in [2.75, 3.05) is 5.32 Å². The highest BCUT2D eigenvalue weighted by molar-refractivity contribution is 6.29. The third-order valence-electron chi connectivity index (χ3n) is 3.16. The molecule has 0 aliphatic carbocycles. The highest BCUT2D eigenvalue weighted by Crippen LogP contribution is 2.15. The lowest BCUT2D eigenvalue weighted by atomic mass is 10.1. The number of carbonyl (C=O) groups is 1. The highest BCUT2D eigenvalue weighted by Gasteiger charge is 2.15. The fourth-order valence-electron chi connectivity index (χ4n) is 2.11. The first-order valence-corrected chi connectivity index (χ1v) is 6.83. The van der Waals surface area contributed by atoms with Gasteiger partial charge in [-0.3, -0.25) is 9.59 Å². The molecule has 0 bridgehead atoms. The minimum atomic E-state index is -0.420. The number of nitrogens with zero attached hydrogens (tertiary/aromatic N) is 3. The first kappa shape index (κ1) is 14.2. The molecule has 1 aromatic carbocycles. The van der Waals surface area contributed by atoms with Gasteiger partial charge in [-0.2, -0.15) is 5.10 Å². The summed E-state index contributed by atoms with van der Waals surface area (Å²) in [6, 6.07) is 10.1. The molecule has 0 atom stereocenters. The van der Waals surface area contributed by atoms with Gasteiger partial charge in [0.1, 0.15) is 5.15 Å². The molecule has 0 spiro atoms. The molecule has 0 saturated carbocycles. The lowest BCUT2D eigenvalue weighted by Crippen LogP contribution is -2.25. The molecular formula is C15H11ClN4O2. The average Bonchev–Trinajstić information content (AvgIpc) is 2.53.